The van der Waals surface area contributed by atoms with Crippen molar-refractivity contribution in [2.24, 2.45) is 0 Å². The van der Waals surface area contributed by atoms with Crippen molar-refractivity contribution < 1.29 is 4.79 Å². The van der Waals surface area contributed by atoms with Gasteiger partial charge >= 0.3 is 0 Å². The van der Waals surface area contributed by atoms with Gasteiger partial charge in [-0.25, -0.2) is 0 Å². The number of carbonyl (C=O) groups is 1. The van der Waals surface area contributed by atoms with Crippen molar-refractivity contribution in [3.63, 3.8) is 0 Å². The first-order valence-electron chi connectivity index (χ1n) is 5.67. The fourth-order valence-corrected chi connectivity index (χ4v) is 1.42. The zero-order chi connectivity index (χ0) is 12.7. The van der Waals surface area contributed by atoms with E-state index in [0.717, 1.165) is 11.8 Å². The summed E-state index contributed by atoms with van der Waals surface area (Å²) in [5.41, 5.74) is 4.83. The Morgan fingerprint density at radius 1 is 0.824 bits per heavy atom. The van der Waals surface area contributed by atoms with Crippen LogP contribution < -0.4 is 0 Å². The summed E-state index contributed by atoms with van der Waals surface area (Å²) in [7, 11) is 0. The predicted molar refractivity (Wildman–Crippen MR) is 72.5 cm³/mol. The molecule has 0 amide bonds. The lowest BCUT2D eigenvalue weighted by Gasteiger charge is -1.98. The average molecular weight is 226 g/mol. The third-order valence-electron chi connectivity index (χ3n) is 2.60. The van der Waals surface area contributed by atoms with E-state index in [2.05, 4.69) is 39.0 Å². The van der Waals surface area contributed by atoms with E-state index >= 15 is 0 Å². The molecule has 2 rings (SSSR count). The lowest BCUT2D eigenvalue weighted by atomic mass is 10.1. The lowest BCUT2D eigenvalue weighted by molar-refractivity contribution is 0.112. The van der Waals surface area contributed by atoms with Crippen LogP contribution in [0.25, 0.3) is 0 Å². The van der Waals surface area contributed by atoms with E-state index in [-0.39, 0.29) is 0 Å². The minimum atomic E-state index is 0.729. The number of hydrogen-bond donors (Lipinski definition) is 0. The number of benzene rings is 2. The van der Waals surface area contributed by atoms with Gasteiger partial charge < -0.3 is 0 Å². The van der Waals surface area contributed by atoms with Gasteiger partial charge in [0, 0.05) is 5.56 Å². The first kappa shape index (κ1) is 13.2. The summed E-state index contributed by atoms with van der Waals surface area (Å²) in [6, 6.07) is 15.6. The Bertz CT molecular complexity index is 472. The highest BCUT2D eigenvalue weighted by Gasteiger charge is 1.89. The largest absolute Gasteiger partial charge is 0.298 e. The van der Waals surface area contributed by atoms with Crippen LogP contribution in [0.3, 0.4) is 0 Å². The Balaban J connectivity index is 0.000000171. The molecule has 0 fully saturated rings. The zero-order valence-electron chi connectivity index (χ0n) is 10.6. The lowest BCUT2D eigenvalue weighted by Crippen LogP contribution is -1.79. The molecule has 0 aliphatic heterocycles. The van der Waals surface area contributed by atoms with Crippen molar-refractivity contribution >= 4 is 6.29 Å². The molecule has 0 atom stereocenters. The van der Waals surface area contributed by atoms with Crippen molar-refractivity contribution in [3.8, 4) is 0 Å². The Kier molecular flexibility index (Phi) is 5.15. The van der Waals surface area contributed by atoms with Crippen LogP contribution in [0.5, 0.6) is 0 Å². The molecule has 0 saturated heterocycles. The van der Waals surface area contributed by atoms with E-state index in [9.17, 15) is 4.79 Å². The van der Waals surface area contributed by atoms with Gasteiger partial charge in [-0.15, -0.1) is 0 Å². The van der Waals surface area contributed by atoms with Gasteiger partial charge in [0.25, 0.3) is 0 Å². The molecule has 0 spiro atoms. The maximum Gasteiger partial charge on any atom is 0.150 e. The van der Waals surface area contributed by atoms with Crippen LogP contribution in [0.2, 0.25) is 0 Å². The van der Waals surface area contributed by atoms with E-state index < -0.39 is 0 Å². The number of carbonyl (C=O) groups excluding carboxylic acids is 1. The molecule has 0 aromatic heterocycles. The summed E-state index contributed by atoms with van der Waals surface area (Å²) in [6.45, 7) is 6.39. The van der Waals surface area contributed by atoms with Crippen LogP contribution in [0, 0.1) is 20.8 Å². The molecule has 0 heterocycles. The maximum absolute atomic E-state index is 10.0. The van der Waals surface area contributed by atoms with Gasteiger partial charge in [0.1, 0.15) is 6.29 Å². The molecule has 2 aromatic rings. The third kappa shape index (κ3) is 4.64. The minimum absolute atomic E-state index is 0.729. The monoisotopic (exact) mass is 226 g/mol. The van der Waals surface area contributed by atoms with E-state index in [1.54, 1.807) is 12.1 Å². The van der Waals surface area contributed by atoms with Gasteiger partial charge in [0.05, 0.1) is 0 Å². The van der Waals surface area contributed by atoms with Crippen LogP contribution in [-0.4, -0.2) is 6.29 Å². The second-order valence-corrected chi connectivity index (χ2v) is 4.12. The van der Waals surface area contributed by atoms with E-state index in [4.69, 9.17) is 0 Å². The van der Waals surface area contributed by atoms with Crippen molar-refractivity contribution in [1.82, 2.24) is 0 Å². The normalized spacial score (nSPS) is 9.12. The van der Waals surface area contributed by atoms with Crippen LogP contribution in [0.15, 0.2) is 48.5 Å². The Morgan fingerprint density at radius 2 is 1.47 bits per heavy atom. The van der Waals surface area contributed by atoms with Crippen LogP contribution in [0.1, 0.15) is 27.0 Å². The topological polar surface area (TPSA) is 17.1 Å². The molecule has 0 unspecified atom stereocenters. The van der Waals surface area contributed by atoms with Crippen LogP contribution >= 0.6 is 0 Å². The summed E-state index contributed by atoms with van der Waals surface area (Å²) < 4.78 is 0. The molecule has 1 heteroatoms. The molecular weight excluding hydrogens is 208 g/mol. The van der Waals surface area contributed by atoms with Gasteiger partial charge in [0.15, 0.2) is 0 Å². The molecule has 0 bridgehead atoms. The molecule has 0 radical (unpaired) electrons. The highest BCUT2D eigenvalue weighted by Crippen LogP contribution is 2.07. The molecule has 0 saturated carbocycles. The summed E-state index contributed by atoms with van der Waals surface area (Å²) in [5.74, 6) is 0. The first-order chi connectivity index (χ1) is 8.13. The first-order valence-corrected chi connectivity index (χ1v) is 5.67. The Hall–Kier alpha value is -1.89. The molecule has 0 N–H and O–H groups in total. The Labute approximate surface area is 103 Å². The molecule has 0 aliphatic rings. The zero-order valence-corrected chi connectivity index (χ0v) is 10.6. The van der Waals surface area contributed by atoms with Gasteiger partial charge in [0.2, 0.25) is 0 Å². The number of aldehydes is 1. The smallest absolute Gasteiger partial charge is 0.150 e. The molecular formula is C16H18O. The SMILES string of the molecule is Cc1ccc(C)c(C)c1.O=Cc1ccccc1. The number of rotatable bonds is 1. The standard InChI is InChI=1S/C9H12.C7H6O/c1-7-4-5-8(2)9(3)6-7;8-6-7-4-2-1-3-5-7/h4-6H,1-3H3;1-6H. The number of aryl methyl sites for hydroxylation is 3. The molecule has 1 nitrogen and oxygen atoms in total. The van der Waals surface area contributed by atoms with Crippen LogP contribution in [-0.2, 0) is 0 Å². The van der Waals surface area contributed by atoms with E-state index in [0.29, 0.717) is 0 Å². The fraction of sp³-hybridized carbons (Fsp3) is 0.188. The minimum Gasteiger partial charge on any atom is -0.298 e. The van der Waals surface area contributed by atoms with Crippen molar-refractivity contribution in [2.75, 3.05) is 0 Å². The molecule has 17 heavy (non-hydrogen) atoms. The van der Waals surface area contributed by atoms with E-state index in [1.807, 2.05) is 18.2 Å². The average Bonchev–Trinajstić information content (AvgIpc) is 2.36. The fourth-order valence-electron chi connectivity index (χ4n) is 1.42. The van der Waals surface area contributed by atoms with Gasteiger partial charge in [-0.1, -0.05) is 54.1 Å². The van der Waals surface area contributed by atoms with Crippen molar-refractivity contribution in [2.45, 2.75) is 20.8 Å². The van der Waals surface area contributed by atoms with Gasteiger partial charge in [-0.2, -0.15) is 0 Å². The summed E-state index contributed by atoms with van der Waals surface area (Å²) in [4.78, 5) is 10.0. The van der Waals surface area contributed by atoms with Crippen molar-refractivity contribution in [1.29, 1.82) is 0 Å². The highest BCUT2D eigenvalue weighted by atomic mass is 16.1. The second kappa shape index (κ2) is 6.64. The summed E-state index contributed by atoms with van der Waals surface area (Å²) in [6.07, 6.45) is 0.833. The molecule has 0 aliphatic carbocycles. The van der Waals surface area contributed by atoms with Crippen molar-refractivity contribution in [3.05, 3.63) is 70.8 Å². The molecule has 2 aromatic carbocycles. The second-order valence-electron chi connectivity index (χ2n) is 4.12. The Morgan fingerprint density at radius 3 is 1.88 bits per heavy atom. The predicted octanol–water partition coefficient (Wildman–Crippen LogP) is 4.11. The summed E-state index contributed by atoms with van der Waals surface area (Å²) >= 11 is 0. The maximum atomic E-state index is 10.0. The summed E-state index contributed by atoms with van der Waals surface area (Å²) in [5, 5.41) is 0. The number of hydrogen-bond acceptors (Lipinski definition) is 1. The molecule has 88 valence electrons. The van der Waals surface area contributed by atoms with E-state index in [1.165, 1.54) is 16.7 Å². The van der Waals surface area contributed by atoms with Gasteiger partial charge in [-0.05, 0) is 31.9 Å². The third-order valence-corrected chi connectivity index (χ3v) is 2.60. The highest BCUT2D eigenvalue weighted by molar-refractivity contribution is 5.74. The quantitative estimate of drug-likeness (QED) is 0.669. The van der Waals surface area contributed by atoms with Gasteiger partial charge in [-0.3, -0.25) is 4.79 Å². The van der Waals surface area contributed by atoms with Crippen LogP contribution in [0.4, 0.5) is 0 Å².